The summed E-state index contributed by atoms with van der Waals surface area (Å²) in [7, 11) is 1.66. The van der Waals surface area contributed by atoms with Crippen LogP contribution < -0.4 is 15.6 Å². The van der Waals surface area contributed by atoms with Crippen molar-refractivity contribution in [2.75, 3.05) is 20.2 Å². The molecule has 2 N–H and O–H groups in total. The zero-order chi connectivity index (χ0) is 14.8. The zero-order valence-electron chi connectivity index (χ0n) is 12.2. The summed E-state index contributed by atoms with van der Waals surface area (Å²) in [6, 6.07) is 9.73. The summed E-state index contributed by atoms with van der Waals surface area (Å²) in [4.78, 5) is 18.9. The van der Waals surface area contributed by atoms with Crippen molar-refractivity contribution in [1.82, 2.24) is 15.3 Å². The Morgan fingerprint density at radius 2 is 1.90 bits per heavy atom. The second-order valence-electron chi connectivity index (χ2n) is 5.40. The average Bonchev–Trinajstić information content (AvgIpc) is 2.96. The standard InChI is InChI=1S/C16H19N3O2/c1-10-18-15(7-16(20)19-10)14-9-17-8-13(14)11-3-5-12(21-2)6-4-11/h3-7,13-14,17H,8-9H2,1-2H3,(H,18,19,20)/t13-,14+/m1/s1. The van der Waals surface area contributed by atoms with Gasteiger partial charge in [0.1, 0.15) is 11.6 Å². The number of hydrogen-bond acceptors (Lipinski definition) is 4. The van der Waals surface area contributed by atoms with Crippen LogP contribution in [0.2, 0.25) is 0 Å². The molecule has 0 radical (unpaired) electrons. The van der Waals surface area contributed by atoms with Crippen LogP contribution in [0.25, 0.3) is 0 Å². The van der Waals surface area contributed by atoms with Crippen LogP contribution in [0.4, 0.5) is 0 Å². The Morgan fingerprint density at radius 3 is 2.57 bits per heavy atom. The number of nitrogens with one attached hydrogen (secondary N) is 2. The number of aromatic amines is 1. The zero-order valence-corrected chi connectivity index (χ0v) is 12.2. The lowest BCUT2D eigenvalue weighted by Crippen LogP contribution is -2.17. The summed E-state index contributed by atoms with van der Waals surface area (Å²) in [5.41, 5.74) is 2.02. The highest BCUT2D eigenvalue weighted by Gasteiger charge is 2.31. The van der Waals surface area contributed by atoms with Gasteiger partial charge < -0.3 is 15.0 Å². The predicted molar refractivity (Wildman–Crippen MR) is 80.9 cm³/mol. The van der Waals surface area contributed by atoms with E-state index < -0.39 is 0 Å². The van der Waals surface area contributed by atoms with Crippen molar-refractivity contribution in [3.63, 3.8) is 0 Å². The highest BCUT2D eigenvalue weighted by molar-refractivity contribution is 5.33. The van der Waals surface area contributed by atoms with E-state index in [1.165, 1.54) is 5.56 Å². The maximum absolute atomic E-state index is 11.7. The first-order valence-electron chi connectivity index (χ1n) is 7.10. The number of aryl methyl sites for hydroxylation is 1. The van der Waals surface area contributed by atoms with E-state index in [-0.39, 0.29) is 11.5 Å². The largest absolute Gasteiger partial charge is 0.497 e. The Labute approximate surface area is 123 Å². The third-order valence-electron chi connectivity index (χ3n) is 4.02. The van der Waals surface area contributed by atoms with Crippen LogP contribution in [0, 0.1) is 6.92 Å². The smallest absolute Gasteiger partial charge is 0.251 e. The molecule has 2 heterocycles. The molecular formula is C16H19N3O2. The molecular weight excluding hydrogens is 266 g/mol. The Balaban J connectivity index is 1.92. The number of hydrogen-bond donors (Lipinski definition) is 2. The van der Waals surface area contributed by atoms with E-state index in [9.17, 15) is 4.79 Å². The lowest BCUT2D eigenvalue weighted by molar-refractivity contribution is 0.414. The summed E-state index contributed by atoms with van der Waals surface area (Å²) < 4.78 is 5.20. The second-order valence-corrected chi connectivity index (χ2v) is 5.40. The number of H-pyrrole nitrogens is 1. The van der Waals surface area contributed by atoms with Gasteiger partial charge in [-0.2, -0.15) is 0 Å². The van der Waals surface area contributed by atoms with Gasteiger partial charge in [0.2, 0.25) is 0 Å². The topological polar surface area (TPSA) is 67.0 Å². The predicted octanol–water partition coefficient (Wildman–Crippen LogP) is 1.56. The van der Waals surface area contributed by atoms with Crippen molar-refractivity contribution < 1.29 is 4.74 Å². The molecule has 2 aromatic rings. The first-order valence-corrected chi connectivity index (χ1v) is 7.10. The van der Waals surface area contributed by atoms with Gasteiger partial charge in [0.05, 0.1) is 12.8 Å². The van der Waals surface area contributed by atoms with Gasteiger partial charge in [0, 0.05) is 31.0 Å². The SMILES string of the molecule is COc1ccc([C@H]2CNC[C@@H]2c2cc(=O)[nH]c(C)n2)cc1. The van der Waals surface area contributed by atoms with Gasteiger partial charge in [-0.05, 0) is 24.6 Å². The summed E-state index contributed by atoms with van der Waals surface area (Å²) >= 11 is 0. The molecule has 1 fully saturated rings. The number of benzene rings is 1. The molecule has 0 saturated carbocycles. The lowest BCUT2D eigenvalue weighted by Gasteiger charge is -2.19. The second kappa shape index (κ2) is 5.69. The van der Waals surface area contributed by atoms with E-state index >= 15 is 0 Å². The molecule has 0 amide bonds. The minimum absolute atomic E-state index is 0.0853. The quantitative estimate of drug-likeness (QED) is 0.898. The number of rotatable bonds is 3. The van der Waals surface area contributed by atoms with Crippen LogP contribution in [0.5, 0.6) is 5.75 Å². The molecule has 1 aromatic heterocycles. The normalized spacial score (nSPS) is 21.4. The monoisotopic (exact) mass is 285 g/mol. The molecule has 0 aliphatic carbocycles. The molecule has 110 valence electrons. The van der Waals surface area contributed by atoms with Crippen LogP contribution in [-0.2, 0) is 0 Å². The first-order chi connectivity index (χ1) is 10.2. The molecule has 2 atom stereocenters. The van der Waals surface area contributed by atoms with Crippen LogP contribution in [0.15, 0.2) is 35.1 Å². The Kier molecular flexibility index (Phi) is 3.75. The van der Waals surface area contributed by atoms with E-state index in [2.05, 4.69) is 27.4 Å². The van der Waals surface area contributed by atoms with Crippen LogP contribution in [-0.4, -0.2) is 30.2 Å². The van der Waals surface area contributed by atoms with E-state index in [0.29, 0.717) is 11.7 Å². The molecule has 1 saturated heterocycles. The van der Waals surface area contributed by atoms with Crippen molar-refractivity contribution in [2.45, 2.75) is 18.8 Å². The Hall–Kier alpha value is -2.14. The summed E-state index contributed by atoms with van der Waals surface area (Å²) in [6.45, 7) is 3.55. The number of nitrogens with zero attached hydrogens (tertiary/aromatic N) is 1. The summed E-state index contributed by atoms with van der Waals surface area (Å²) in [6.07, 6.45) is 0. The number of methoxy groups -OCH3 is 1. The maximum atomic E-state index is 11.7. The van der Waals surface area contributed by atoms with Gasteiger partial charge in [-0.1, -0.05) is 12.1 Å². The van der Waals surface area contributed by atoms with Gasteiger partial charge in [-0.3, -0.25) is 4.79 Å². The van der Waals surface area contributed by atoms with Gasteiger partial charge in [0.25, 0.3) is 5.56 Å². The molecule has 0 spiro atoms. The molecule has 0 bridgehead atoms. The van der Waals surface area contributed by atoms with Crippen LogP contribution in [0.3, 0.4) is 0 Å². The van der Waals surface area contributed by atoms with E-state index in [4.69, 9.17) is 4.74 Å². The fourth-order valence-corrected chi connectivity index (χ4v) is 2.98. The highest BCUT2D eigenvalue weighted by atomic mass is 16.5. The van der Waals surface area contributed by atoms with E-state index in [0.717, 1.165) is 24.5 Å². The van der Waals surface area contributed by atoms with Gasteiger partial charge >= 0.3 is 0 Å². The van der Waals surface area contributed by atoms with E-state index in [1.54, 1.807) is 13.2 Å². The van der Waals surface area contributed by atoms with E-state index in [1.807, 2.05) is 19.1 Å². The molecule has 3 rings (SSSR count). The molecule has 1 aliphatic heterocycles. The molecule has 21 heavy (non-hydrogen) atoms. The fourth-order valence-electron chi connectivity index (χ4n) is 2.98. The van der Waals surface area contributed by atoms with Gasteiger partial charge in [-0.25, -0.2) is 4.98 Å². The molecule has 1 aromatic carbocycles. The van der Waals surface area contributed by atoms with Crippen molar-refractivity contribution in [1.29, 1.82) is 0 Å². The highest BCUT2D eigenvalue weighted by Crippen LogP contribution is 2.35. The third-order valence-corrected chi connectivity index (χ3v) is 4.02. The average molecular weight is 285 g/mol. The Morgan fingerprint density at radius 1 is 1.19 bits per heavy atom. The minimum atomic E-state index is -0.0853. The molecule has 0 unspecified atom stereocenters. The van der Waals surface area contributed by atoms with Gasteiger partial charge in [-0.15, -0.1) is 0 Å². The first kappa shape index (κ1) is 13.8. The summed E-state index contributed by atoms with van der Waals surface area (Å²) in [5.74, 6) is 2.06. The van der Waals surface area contributed by atoms with Crippen molar-refractivity contribution in [3.05, 3.63) is 57.8 Å². The van der Waals surface area contributed by atoms with Crippen molar-refractivity contribution in [2.24, 2.45) is 0 Å². The van der Waals surface area contributed by atoms with Crippen molar-refractivity contribution in [3.8, 4) is 5.75 Å². The Bertz CT molecular complexity index is 679. The number of aromatic nitrogens is 2. The number of ether oxygens (including phenoxy) is 1. The van der Waals surface area contributed by atoms with Gasteiger partial charge in [0.15, 0.2) is 0 Å². The lowest BCUT2D eigenvalue weighted by atomic mass is 9.86. The molecule has 1 aliphatic rings. The molecule has 5 heteroatoms. The third kappa shape index (κ3) is 2.83. The summed E-state index contributed by atoms with van der Waals surface area (Å²) in [5, 5.41) is 3.40. The minimum Gasteiger partial charge on any atom is -0.497 e. The fraction of sp³-hybridized carbons (Fsp3) is 0.375. The van der Waals surface area contributed by atoms with Crippen molar-refractivity contribution >= 4 is 0 Å². The molecule has 5 nitrogen and oxygen atoms in total. The van der Waals surface area contributed by atoms with Crippen LogP contribution >= 0.6 is 0 Å². The maximum Gasteiger partial charge on any atom is 0.251 e. The van der Waals surface area contributed by atoms with Crippen LogP contribution in [0.1, 0.15) is 28.9 Å².